The number of rotatable bonds is 7. The van der Waals surface area contributed by atoms with Crippen molar-refractivity contribution in [3.8, 4) is 0 Å². The summed E-state index contributed by atoms with van der Waals surface area (Å²) in [6.45, 7) is 0.126. The fourth-order valence-corrected chi connectivity index (χ4v) is 3.16. The lowest BCUT2D eigenvalue weighted by atomic mass is 9.81. The first-order valence-corrected chi connectivity index (χ1v) is 8.83. The molecule has 3 aromatic carbocycles. The predicted molar refractivity (Wildman–Crippen MR) is 103 cm³/mol. The molecule has 0 fully saturated rings. The van der Waals surface area contributed by atoms with Gasteiger partial charge in [-0.05, 0) is 28.8 Å². The fraction of sp³-hybridized carbons (Fsp3) is 0.174. The summed E-state index contributed by atoms with van der Waals surface area (Å²) in [5.74, 6) is -1.28. The molecule has 0 aliphatic heterocycles. The van der Waals surface area contributed by atoms with Crippen LogP contribution in [0.4, 0.5) is 4.39 Å². The van der Waals surface area contributed by atoms with Crippen LogP contribution < -0.4 is 0 Å². The van der Waals surface area contributed by atoms with E-state index in [1.54, 1.807) is 24.3 Å². The van der Waals surface area contributed by atoms with Crippen molar-refractivity contribution >= 4 is 5.97 Å². The highest BCUT2D eigenvalue weighted by atomic mass is 19.1. The third-order valence-electron chi connectivity index (χ3n) is 4.59. The van der Waals surface area contributed by atoms with Crippen molar-refractivity contribution in [1.82, 2.24) is 0 Å². The standard InChI is InChI=1S/C23H21FO4/c1-27-22(26)21(25)23(18-10-6-3-7-11-18,19-12-14-20(24)15-13-19)28-16-17-8-4-2-5-9-17/h2-15,21,25H,16H2,1H3/t21-,23+/m1/s1. The van der Waals surface area contributed by atoms with Crippen molar-refractivity contribution in [2.75, 3.05) is 7.11 Å². The SMILES string of the molecule is COC(=O)[C@@H](O)[C@](OCc1ccccc1)(c1ccccc1)c1ccc(F)cc1. The summed E-state index contributed by atoms with van der Waals surface area (Å²) in [6.07, 6.45) is -1.66. The van der Waals surface area contributed by atoms with E-state index in [-0.39, 0.29) is 6.61 Å². The number of hydrogen-bond acceptors (Lipinski definition) is 4. The van der Waals surface area contributed by atoms with Crippen LogP contribution in [0.3, 0.4) is 0 Å². The van der Waals surface area contributed by atoms with Crippen molar-refractivity contribution in [1.29, 1.82) is 0 Å². The Bertz CT molecular complexity index is 897. The lowest BCUT2D eigenvalue weighted by molar-refractivity contribution is -0.172. The van der Waals surface area contributed by atoms with E-state index in [1.165, 1.54) is 31.4 Å². The number of aliphatic hydroxyl groups excluding tert-OH is 1. The summed E-state index contributed by atoms with van der Waals surface area (Å²) in [4.78, 5) is 12.4. The third-order valence-corrected chi connectivity index (χ3v) is 4.59. The molecule has 0 spiro atoms. The summed E-state index contributed by atoms with van der Waals surface area (Å²) >= 11 is 0. The van der Waals surface area contributed by atoms with Crippen LogP contribution >= 0.6 is 0 Å². The summed E-state index contributed by atoms with van der Waals surface area (Å²) < 4.78 is 24.6. The van der Waals surface area contributed by atoms with Gasteiger partial charge in [0.05, 0.1) is 13.7 Å². The number of methoxy groups -OCH3 is 1. The Morgan fingerprint density at radius 2 is 1.46 bits per heavy atom. The van der Waals surface area contributed by atoms with Gasteiger partial charge in [0.2, 0.25) is 0 Å². The largest absolute Gasteiger partial charge is 0.467 e. The molecule has 0 radical (unpaired) electrons. The van der Waals surface area contributed by atoms with E-state index in [9.17, 15) is 14.3 Å². The minimum Gasteiger partial charge on any atom is -0.467 e. The molecule has 0 aliphatic carbocycles. The maximum Gasteiger partial charge on any atom is 0.338 e. The Labute approximate surface area is 163 Å². The van der Waals surface area contributed by atoms with Crippen LogP contribution in [0.2, 0.25) is 0 Å². The number of halogens is 1. The molecule has 5 heteroatoms. The maximum absolute atomic E-state index is 13.6. The molecule has 3 rings (SSSR count). The van der Waals surface area contributed by atoms with Crippen LogP contribution in [-0.2, 0) is 26.5 Å². The van der Waals surface area contributed by atoms with Gasteiger partial charge in [-0.1, -0.05) is 72.8 Å². The van der Waals surface area contributed by atoms with Crippen molar-refractivity contribution in [3.05, 3.63) is 107 Å². The number of carbonyl (C=O) groups excluding carboxylic acids is 1. The van der Waals surface area contributed by atoms with Crippen molar-refractivity contribution < 1.29 is 23.8 Å². The molecule has 0 aliphatic rings. The molecule has 0 unspecified atom stereocenters. The highest BCUT2D eigenvalue weighted by Gasteiger charge is 2.47. The average molecular weight is 380 g/mol. The van der Waals surface area contributed by atoms with Gasteiger partial charge in [0.25, 0.3) is 0 Å². The Morgan fingerprint density at radius 1 is 0.929 bits per heavy atom. The second-order valence-electron chi connectivity index (χ2n) is 6.31. The molecule has 0 saturated carbocycles. The number of aliphatic hydroxyl groups is 1. The van der Waals surface area contributed by atoms with E-state index in [2.05, 4.69) is 0 Å². The fourth-order valence-electron chi connectivity index (χ4n) is 3.16. The van der Waals surface area contributed by atoms with Crippen LogP contribution in [0, 0.1) is 5.82 Å². The Morgan fingerprint density at radius 3 is 2.04 bits per heavy atom. The van der Waals surface area contributed by atoms with Gasteiger partial charge in [-0.2, -0.15) is 0 Å². The first-order valence-electron chi connectivity index (χ1n) is 8.83. The van der Waals surface area contributed by atoms with Gasteiger partial charge >= 0.3 is 5.97 Å². The van der Waals surface area contributed by atoms with E-state index in [1.807, 2.05) is 36.4 Å². The van der Waals surface area contributed by atoms with Crippen LogP contribution in [0.25, 0.3) is 0 Å². The molecule has 0 heterocycles. The zero-order valence-electron chi connectivity index (χ0n) is 15.4. The van der Waals surface area contributed by atoms with Crippen molar-refractivity contribution in [3.63, 3.8) is 0 Å². The number of esters is 1. The van der Waals surface area contributed by atoms with Crippen molar-refractivity contribution in [2.24, 2.45) is 0 Å². The molecule has 1 N–H and O–H groups in total. The summed E-state index contributed by atoms with van der Waals surface area (Å²) in [5.41, 5.74) is 0.282. The monoisotopic (exact) mass is 380 g/mol. The normalized spacial score (nSPS) is 14.1. The number of hydrogen-bond donors (Lipinski definition) is 1. The average Bonchev–Trinajstić information content (AvgIpc) is 2.76. The molecule has 0 amide bonds. The molecule has 144 valence electrons. The minimum absolute atomic E-state index is 0.126. The van der Waals surface area contributed by atoms with Crippen LogP contribution in [0.5, 0.6) is 0 Å². The predicted octanol–water partition coefficient (Wildman–Crippen LogP) is 3.82. The van der Waals surface area contributed by atoms with E-state index < -0.39 is 23.5 Å². The Balaban J connectivity index is 2.15. The van der Waals surface area contributed by atoms with Gasteiger partial charge in [-0.15, -0.1) is 0 Å². The molecule has 3 aromatic rings. The van der Waals surface area contributed by atoms with Gasteiger partial charge < -0.3 is 14.6 Å². The maximum atomic E-state index is 13.6. The molecule has 0 bridgehead atoms. The van der Waals surface area contributed by atoms with Gasteiger partial charge in [-0.25, -0.2) is 9.18 Å². The number of benzene rings is 3. The van der Waals surface area contributed by atoms with E-state index in [4.69, 9.17) is 9.47 Å². The van der Waals surface area contributed by atoms with Gasteiger partial charge in [-0.3, -0.25) is 0 Å². The van der Waals surface area contributed by atoms with Crippen LogP contribution in [0.1, 0.15) is 16.7 Å². The molecule has 4 nitrogen and oxygen atoms in total. The lowest BCUT2D eigenvalue weighted by Crippen LogP contribution is -2.48. The summed E-state index contributed by atoms with van der Waals surface area (Å²) in [5, 5.41) is 11.0. The van der Waals surface area contributed by atoms with Crippen molar-refractivity contribution in [2.45, 2.75) is 18.3 Å². The third kappa shape index (κ3) is 3.96. The zero-order chi connectivity index (χ0) is 20.0. The second-order valence-corrected chi connectivity index (χ2v) is 6.31. The second kappa shape index (κ2) is 8.78. The molecule has 0 aromatic heterocycles. The molecule has 0 saturated heterocycles. The van der Waals surface area contributed by atoms with Gasteiger partial charge in [0.1, 0.15) is 5.82 Å². The van der Waals surface area contributed by atoms with Crippen LogP contribution in [-0.4, -0.2) is 24.3 Å². The molecule has 28 heavy (non-hydrogen) atoms. The topological polar surface area (TPSA) is 55.8 Å². The minimum atomic E-state index is -1.66. The smallest absolute Gasteiger partial charge is 0.338 e. The Kier molecular flexibility index (Phi) is 6.19. The van der Waals surface area contributed by atoms with Gasteiger partial charge in [0.15, 0.2) is 11.7 Å². The van der Waals surface area contributed by atoms with E-state index in [0.29, 0.717) is 11.1 Å². The molecular formula is C23H21FO4. The molecule has 2 atom stereocenters. The van der Waals surface area contributed by atoms with E-state index >= 15 is 0 Å². The first-order chi connectivity index (χ1) is 13.6. The number of carbonyl (C=O) groups is 1. The summed E-state index contributed by atoms with van der Waals surface area (Å²) in [7, 11) is 1.20. The summed E-state index contributed by atoms with van der Waals surface area (Å²) in [6, 6.07) is 23.8. The van der Waals surface area contributed by atoms with Gasteiger partial charge in [0, 0.05) is 0 Å². The highest BCUT2D eigenvalue weighted by molar-refractivity contribution is 5.77. The Hall–Kier alpha value is -3.02. The number of ether oxygens (including phenoxy) is 2. The van der Waals surface area contributed by atoms with Crippen LogP contribution in [0.15, 0.2) is 84.9 Å². The van der Waals surface area contributed by atoms with E-state index in [0.717, 1.165) is 5.56 Å². The first kappa shape index (κ1) is 19.7. The highest BCUT2D eigenvalue weighted by Crippen LogP contribution is 2.38. The molecular weight excluding hydrogens is 359 g/mol. The lowest BCUT2D eigenvalue weighted by Gasteiger charge is -2.37. The zero-order valence-corrected chi connectivity index (χ0v) is 15.4. The quantitative estimate of drug-likeness (QED) is 0.633.